The fraction of sp³-hybridized carbons (Fsp3) is 0.545. The monoisotopic (exact) mass is 250 g/mol. The number of nitrogens with zero attached hydrogens (tertiary/aromatic N) is 2. The van der Waals surface area contributed by atoms with Gasteiger partial charge in [-0.3, -0.25) is 15.1 Å². The summed E-state index contributed by atoms with van der Waals surface area (Å²) in [6, 6.07) is 2.14. The van der Waals surface area contributed by atoms with E-state index in [-0.39, 0.29) is 17.1 Å². The Morgan fingerprint density at radius 2 is 2.47 bits per heavy atom. The molecule has 1 amide bonds. The smallest absolute Gasteiger partial charge is 0.231 e. The van der Waals surface area contributed by atoms with Crippen LogP contribution in [0.3, 0.4) is 0 Å². The van der Waals surface area contributed by atoms with Gasteiger partial charge in [-0.2, -0.15) is 5.26 Å². The van der Waals surface area contributed by atoms with E-state index in [1.54, 1.807) is 18.8 Å². The van der Waals surface area contributed by atoms with Gasteiger partial charge in [-0.25, -0.2) is 0 Å². The van der Waals surface area contributed by atoms with Crippen molar-refractivity contribution in [2.45, 2.75) is 30.6 Å². The molecule has 0 aromatic rings. The summed E-state index contributed by atoms with van der Waals surface area (Å²) < 4.78 is 0. The molecule has 2 N–H and O–H groups in total. The van der Waals surface area contributed by atoms with E-state index in [0.29, 0.717) is 12.8 Å². The average Bonchev–Trinajstić information content (AvgIpc) is 2.75. The Bertz CT molecular complexity index is 433. The molecule has 5 nitrogen and oxygen atoms in total. The van der Waals surface area contributed by atoms with Crippen molar-refractivity contribution in [1.29, 1.82) is 10.7 Å². The zero-order valence-corrected chi connectivity index (χ0v) is 10.6. The van der Waals surface area contributed by atoms with Crippen molar-refractivity contribution >= 4 is 23.6 Å². The van der Waals surface area contributed by atoms with E-state index < -0.39 is 5.54 Å². The van der Waals surface area contributed by atoms with Crippen LogP contribution in [-0.4, -0.2) is 34.6 Å². The SMILES string of the molecule is CN1C(=N)N[C@](C)(C2CC(C#N)=CS2)CC1=O. The molecule has 0 saturated carbocycles. The molecule has 0 aliphatic carbocycles. The predicted octanol–water partition coefficient (Wildman–Crippen LogP) is 1.04. The largest absolute Gasteiger partial charge is 0.349 e. The molecule has 90 valence electrons. The second-order valence-corrected chi connectivity index (χ2v) is 5.68. The molecule has 6 heteroatoms. The van der Waals surface area contributed by atoms with Crippen LogP contribution < -0.4 is 5.32 Å². The molecule has 2 atom stereocenters. The van der Waals surface area contributed by atoms with Gasteiger partial charge in [-0.15, -0.1) is 11.8 Å². The number of carbonyl (C=O) groups is 1. The van der Waals surface area contributed by atoms with E-state index in [1.165, 1.54) is 4.90 Å². The van der Waals surface area contributed by atoms with E-state index in [2.05, 4.69) is 11.4 Å². The quantitative estimate of drug-likeness (QED) is 0.729. The molecule has 17 heavy (non-hydrogen) atoms. The van der Waals surface area contributed by atoms with Crippen molar-refractivity contribution in [3.05, 3.63) is 11.0 Å². The first kappa shape index (κ1) is 12.0. The number of rotatable bonds is 1. The zero-order valence-electron chi connectivity index (χ0n) is 9.78. The third-order valence-electron chi connectivity index (χ3n) is 3.27. The van der Waals surface area contributed by atoms with Gasteiger partial charge in [0.15, 0.2) is 5.96 Å². The Kier molecular flexibility index (Phi) is 2.87. The summed E-state index contributed by atoms with van der Waals surface area (Å²) in [6.07, 6.45) is 1.02. The summed E-state index contributed by atoms with van der Waals surface area (Å²) in [5, 5.41) is 21.7. The Balaban J connectivity index is 2.14. The first-order chi connectivity index (χ1) is 7.96. The summed E-state index contributed by atoms with van der Waals surface area (Å²) in [5.41, 5.74) is 0.307. The van der Waals surface area contributed by atoms with Gasteiger partial charge in [0.2, 0.25) is 5.91 Å². The number of allylic oxidation sites excluding steroid dienone is 1. The lowest BCUT2D eigenvalue weighted by Crippen LogP contribution is -2.63. The average molecular weight is 250 g/mol. The van der Waals surface area contributed by atoms with Gasteiger partial charge >= 0.3 is 0 Å². The second-order valence-electron chi connectivity index (χ2n) is 4.60. The van der Waals surface area contributed by atoms with E-state index in [1.807, 2.05) is 12.3 Å². The minimum atomic E-state index is -0.444. The Hall–Kier alpha value is -1.48. The molecule has 0 spiro atoms. The zero-order chi connectivity index (χ0) is 12.6. The molecular formula is C11H14N4OS. The maximum absolute atomic E-state index is 11.8. The maximum atomic E-state index is 11.8. The lowest BCUT2D eigenvalue weighted by Gasteiger charge is -2.42. The molecule has 2 rings (SSSR count). The van der Waals surface area contributed by atoms with Crippen molar-refractivity contribution in [3.63, 3.8) is 0 Å². The van der Waals surface area contributed by atoms with Crippen LogP contribution in [0.25, 0.3) is 0 Å². The Morgan fingerprint density at radius 3 is 3.00 bits per heavy atom. The van der Waals surface area contributed by atoms with Crippen LogP contribution in [0.5, 0.6) is 0 Å². The van der Waals surface area contributed by atoms with Crippen LogP contribution >= 0.6 is 11.8 Å². The van der Waals surface area contributed by atoms with E-state index >= 15 is 0 Å². The summed E-state index contributed by atoms with van der Waals surface area (Å²) in [7, 11) is 1.60. The molecule has 2 aliphatic rings. The lowest BCUT2D eigenvalue weighted by molar-refractivity contribution is -0.129. The Morgan fingerprint density at radius 1 is 1.76 bits per heavy atom. The number of amides is 1. The topological polar surface area (TPSA) is 80.0 Å². The van der Waals surface area contributed by atoms with Crippen LogP contribution in [0, 0.1) is 16.7 Å². The first-order valence-corrected chi connectivity index (χ1v) is 6.28. The predicted molar refractivity (Wildman–Crippen MR) is 66.3 cm³/mol. The molecular weight excluding hydrogens is 236 g/mol. The number of carbonyl (C=O) groups excluding carboxylic acids is 1. The van der Waals surface area contributed by atoms with Gasteiger partial charge in [-0.05, 0) is 18.8 Å². The summed E-state index contributed by atoms with van der Waals surface area (Å²) in [5.74, 6) is 0.0806. The summed E-state index contributed by atoms with van der Waals surface area (Å²) >= 11 is 1.57. The third kappa shape index (κ3) is 2.03. The van der Waals surface area contributed by atoms with Crippen LogP contribution in [0.4, 0.5) is 0 Å². The molecule has 0 aromatic heterocycles. The molecule has 0 radical (unpaired) electrons. The van der Waals surface area contributed by atoms with Crippen molar-refractivity contribution in [1.82, 2.24) is 10.2 Å². The fourth-order valence-corrected chi connectivity index (χ4v) is 3.25. The van der Waals surface area contributed by atoms with E-state index in [9.17, 15) is 4.79 Å². The van der Waals surface area contributed by atoms with Crippen molar-refractivity contribution in [2.24, 2.45) is 0 Å². The molecule has 2 aliphatic heterocycles. The number of guanidine groups is 1. The number of nitrogens with one attached hydrogen (secondary N) is 2. The minimum Gasteiger partial charge on any atom is -0.349 e. The molecule has 0 aromatic carbocycles. The summed E-state index contributed by atoms with van der Waals surface area (Å²) in [6.45, 7) is 1.94. The highest BCUT2D eigenvalue weighted by molar-refractivity contribution is 8.03. The number of nitriles is 1. The fourth-order valence-electron chi connectivity index (χ4n) is 2.06. The number of hydrogen-bond acceptors (Lipinski definition) is 4. The maximum Gasteiger partial charge on any atom is 0.231 e. The van der Waals surface area contributed by atoms with Crippen molar-refractivity contribution < 1.29 is 4.79 Å². The van der Waals surface area contributed by atoms with Crippen molar-refractivity contribution in [2.75, 3.05) is 7.05 Å². The highest BCUT2D eigenvalue weighted by Gasteiger charge is 2.44. The highest BCUT2D eigenvalue weighted by Crippen LogP contribution is 2.39. The number of thioether (sulfide) groups is 1. The van der Waals surface area contributed by atoms with Gasteiger partial charge in [0, 0.05) is 17.9 Å². The summed E-state index contributed by atoms with van der Waals surface area (Å²) in [4.78, 5) is 13.1. The van der Waals surface area contributed by atoms with Crippen LogP contribution in [0.1, 0.15) is 19.8 Å². The van der Waals surface area contributed by atoms with Crippen molar-refractivity contribution in [3.8, 4) is 6.07 Å². The first-order valence-electron chi connectivity index (χ1n) is 5.34. The molecule has 1 fully saturated rings. The third-order valence-corrected chi connectivity index (χ3v) is 4.70. The van der Waals surface area contributed by atoms with Crippen LogP contribution in [0.2, 0.25) is 0 Å². The van der Waals surface area contributed by atoms with Gasteiger partial charge in [0.05, 0.1) is 18.0 Å². The molecule has 0 bridgehead atoms. The van der Waals surface area contributed by atoms with Gasteiger partial charge < -0.3 is 5.32 Å². The van der Waals surface area contributed by atoms with E-state index in [4.69, 9.17) is 10.7 Å². The lowest BCUT2D eigenvalue weighted by atomic mass is 9.88. The van der Waals surface area contributed by atoms with Crippen LogP contribution in [0.15, 0.2) is 11.0 Å². The van der Waals surface area contributed by atoms with Gasteiger partial charge in [0.1, 0.15) is 0 Å². The molecule has 2 heterocycles. The second kappa shape index (κ2) is 4.08. The van der Waals surface area contributed by atoms with E-state index in [0.717, 1.165) is 5.57 Å². The Labute approximate surface area is 104 Å². The molecule has 1 unspecified atom stereocenters. The highest BCUT2D eigenvalue weighted by atomic mass is 32.2. The molecule has 1 saturated heterocycles. The van der Waals surface area contributed by atoms with Gasteiger partial charge in [-0.1, -0.05) is 0 Å². The van der Waals surface area contributed by atoms with Crippen LogP contribution in [-0.2, 0) is 4.79 Å². The number of hydrogen-bond donors (Lipinski definition) is 2. The standard InChI is InChI=1S/C11H14N4OS/c1-11(8-3-7(5-12)6-17-8)4-9(16)15(2)10(13)14-11/h6,8H,3-4H2,1-2H3,(H2,13,14)/t8?,11-/m0/s1. The normalized spacial score (nSPS) is 33.1. The van der Waals surface area contributed by atoms with Gasteiger partial charge in [0.25, 0.3) is 0 Å². The minimum absolute atomic E-state index is 0.0535.